The third kappa shape index (κ3) is 5.54. The molecule has 0 saturated carbocycles. The van der Waals surface area contributed by atoms with Crippen molar-refractivity contribution >= 4 is 34.9 Å². The van der Waals surface area contributed by atoms with Crippen molar-refractivity contribution in [1.29, 1.82) is 0 Å². The van der Waals surface area contributed by atoms with Crippen molar-refractivity contribution in [2.45, 2.75) is 19.5 Å². The van der Waals surface area contributed by atoms with Crippen LogP contribution in [0.3, 0.4) is 0 Å². The third-order valence-electron chi connectivity index (χ3n) is 7.35. The van der Waals surface area contributed by atoms with E-state index in [4.69, 9.17) is 9.47 Å². The normalized spacial score (nSPS) is 14.0. The number of nitrogens with zero attached hydrogens (tertiary/aromatic N) is 2. The van der Waals surface area contributed by atoms with Crippen molar-refractivity contribution in [1.82, 2.24) is 4.90 Å². The number of halogens is 1. The molecule has 2 aliphatic rings. The minimum Gasteiger partial charge on any atom is -0.454 e. The average molecular weight is 580 g/mol. The number of hydrogen-bond acceptors (Lipinski definition) is 6. The molecule has 0 saturated heterocycles. The molecule has 0 fully saturated rings. The second-order valence-corrected chi connectivity index (χ2v) is 10.3. The minimum absolute atomic E-state index is 0.00661. The molecule has 1 unspecified atom stereocenters. The van der Waals surface area contributed by atoms with Gasteiger partial charge in [0, 0.05) is 18.3 Å². The van der Waals surface area contributed by atoms with E-state index in [0.717, 1.165) is 16.0 Å². The van der Waals surface area contributed by atoms with Crippen LogP contribution in [0.25, 0.3) is 0 Å². The molecule has 0 aliphatic carbocycles. The van der Waals surface area contributed by atoms with E-state index in [1.807, 2.05) is 31.2 Å². The largest absolute Gasteiger partial charge is 0.454 e. The van der Waals surface area contributed by atoms with E-state index in [9.17, 15) is 23.6 Å². The van der Waals surface area contributed by atoms with Crippen LogP contribution in [0.5, 0.6) is 11.5 Å². The topological polar surface area (TPSA) is 105 Å². The standard InChI is InChI=1S/C33H26FN3O6/c1-20-6-8-21(9-7-20)17-37(29(38)18-36-26-5-3-2-4-25(26)31(39)33(36)41)30(22-10-12-23(34)13-11-22)32(40)35-24-14-15-27-28(16-24)43-19-42-27/h2-16,30H,17-19H2,1H3,(H,35,40). The average Bonchev–Trinajstić information content (AvgIpc) is 3.57. The second-order valence-electron chi connectivity index (χ2n) is 10.3. The molecule has 0 radical (unpaired) electrons. The molecule has 216 valence electrons. The third-order valence-corrected chi connectivity index (χ3v) is 7.35. The van der Waals surface area contributed by atoms with Crippen LogP contribution in [0.15, 0.2) is 91.0 Å². The number of nitrogens with one attached hydrogen (secondary N) is 1. The van der Waals surface area contributed by atoms with Crippen LogP contribution in [-0.2, 0) is 20.9 Å². The van der Waals surface area contributed by atoms with Gasteiger partial charge in [-0.05, 0) is 54.4 Å². The van der Waals surface area contributed by atoms with E-state index < -0.39 is 41.9 Å². The molecule has 2 aliphatic heterocycles. The Balaban J connectivity index is 1.38. The lowest BCUT2D eigenvalue weighted by Crippen LogP contribution is -2.46. The van der Waals surface area contributed by atoms with Gasteiger partial charge in [0.05, 0.1) is 11.3 Å². The van der Waals surface area contributed by atoms with E-state index in [-0.39, 0.29) is 18.9 Å². The Morgan fingerprint density at radius 2 is 1.65 bits per heavy atom. The number of hydrogen-bond donors (Lipinski definition) is 1. The summed E-state index contributed by atoms with van der Waals surface area (Å²) >= 11 is 0. The molecule has 4 aromatic carbocycles. The number of carbonyl (C=O) groups excluding carboxylic acids is 4. The number of amides is 3. The lowest BCUT2D eigenvalue weighted by Gasteiger charge is -2.33. The lowest BCUT2D eigenvalue weighted by molar-refractivity contribution is -0.139. The Morgan fingerprint density at radius 1 is 0.930 bits per heavy atom. The molecule has 0 bridgehead atoms. The summed E-state index contributed by atoms with van der Waals surface area (Å²) < 4.78 is 24.8. The van der Waals surface area contributed by atoms with Crippen molar-refractivity contribution in [2.75, 3.05) is 23.6 Å². The highest BCUT2D eigenvalue weighted by molar-refractivity contribution is 6.52. The Morgan fingerprint density at radius 3 is 2.42 bits per heavy atom. The van der Waals surface area contributed by atoms with Gasteiger partial charge in [-0.3, -0.25) is 24.1 Å². The van der Waals surface area contributed by atoms with Crippen LogP contribution in [0, 0.1) is 12.7 Å². The molecule has 2 heterocycles. The summed E-state index contributed by atoms with van der Waals surface area (Å²) in [5.74, 6) is -2.21. The number of carbonyl (C=O) groups is 4. The molecular formula is C33H26FN3O6. The van der Waals surface area contributed by atoms with E-state index in [2.05, 4.69) is 5.32 Å². The Labute approximate surface area is 246 Å². The number of benzene rings is 4. The van der Waals surface area contributed by atoms with Crippen LogP contribution in [0.2, 0.25) is 0 Å². The van der Waals surface area contributed by atoms with Crippen LogP contribution in [0.1, 0.15) is 33.1 Å². The van der Waals surface area contributed by atoms with Gasteiger partial charge in [0.2, 0.25) is 12.7 Å². The van der Waals surface area contributed by atoms with Crippen molar-refractivity contribution in [3.63, 3.8) is 0 Å². The minimum atomic E-state index is -1.23. The van der Waals surface area contributed by atoms with Gasteiger partial charge in [-0.2, -0.15) is 0 Å². The number of ether oxygens (including phenoxy) is 2. The van der Waals surface area contributed by atoms with Crippen LogP contribution in [-0.4, -0.2) is 41.7 Å². The van der Waals surface area contributed by atoms with E-state index >= 15 is 0 Å². The lowest BCUT2D eigenvalue weighted by atomic mass is 10.0. The van der Waals surface area contributed by atoms with Gasteiger partial charge in [-0.1, -0.05) is 54.1 Å². The van der Waals surface area contributed by atoms with Gasteiger partial charge in [0.25, 0.3) is 17.6 Å². The fourth-order valence-electron chi connectivity index (χ4n) is 5.15. The summed E-state index contributed by atoms with van der Waals surface area (Å²) in [5.41, 5.74) is 3.02. The smallest absolute Gasteiger partial charge is 0.299 e. The zero-order valence-electron chi connectivity index (χ0n) is 23.1. The summed E-state index contributed by atoms with van der Waals surface area (Å²) in [6.07, 6.45) is 0. The van der Waals surface area contributed by atoms with Gasteiger partial charge in [-0.25, -0.2) is 4.39 Å². The van der Waals surface area contributed by atoms with E-state index in [1.165, 1.54) is 35.2 Å². The highest BCUT2D eigenvalue weighted by atomic mass is 19.1. The first-order valence-corrected chi connectivity index (χ1v) is 13.5. The van der Waals surface area contributed by atoms with E-state index in [0.29, 0.717) is 28.4 Å². The number of para-hydroxylation sites is 1. The zero-order valence-corrected chi connectivity index (χ0v) is 23.1. The predicted octanol–water partition coefficient (Wildman–Crippen LogP) is 4.80. The number of aryl methyl sites for hydroxylation is 1. The van der Waals surface area contributed by atoms with Gasteiger partial charge in [-0.15, -0.1) is 0 Å². The van der Waals surface area contributed by atoms with Gasteiger partial charge >= 0.3 is 0 Å². The molecule has 3 amide bonds. The van der Waals surface area contributed by atoms with Crippen molar-refractivity contribution in [2.24, 2.45) is 0 Å². The summed E-state index contributed by atoms with van der Waals surface area (Å²) in [5, 5.41) is 2.84. The van der Waals surface area contributed by atoms with Gasteiger partial charge < -0.3 is 19.7 Å². The molecule has 1 atom stereocenters. The maximum atomic E-state index is 14.2. The molecule has 9 nitrogen and oxygen atoms in total. The molecule has 4 aromatic rings. The molecule has 0 spiro atoms. The SMILES string of the molecule is Cc1ccc(CN(C(=O)CN2C(=O)C(=O)c3ccccc32)C(C(=O)Nc2ccc3c(c2)OCO3)c2ccc(F)cc2)cc1. The number of fused-ring (bicyclic) bond motifs is 2. The summed E-state index contributed by atoms with van der Waals surface area (Å²) in [6, 6.07) is 22.9. The van der Waals surface area contributed by atoms with Gasteiger partial charge in [0.1, 0.15) is 18.4 Å². The molecular weight excluding hydrogens is 553 g/mol. The van der Waals surface area contributed by atoms with E-state index in [1.54, 1.807) is 36.4 Å². The second kappa shape index (κ2) is 11.4. The molecule has 0 aromatic heterocycles. The highest BCUT2D eigenvalue weighted by Gasteiger charge is 2.39. The summed E-state index contributed by atoms with van der Waals surface area (Å²) in [7, 11) is 0. The highest BCUT2D eigenvalue weighted by Crippen LogP contribution is 2.35. The maximum Gasteiger partial charge on any atom is 0.299 e. The zero-order chi connectivity index (χ0) is 30.1. The number of ketones is 1. The van der Waals surface area contributed by atoms with Crippen LogP contribution >= 0.6 is 0 Å². The van der Waals surface area contributed by atoms with Crippen molar-refractivity contribution < 1.29 is 33.0 Å². The summed E-state index contributed by atoms with van der Waals surface area (Å²) in [6.45, 7) is 1.50. The maximum absolute atomic E-state index is 14.2. The quantitative estimate of drug-likeness (QED) is 0.301. The van der Waals surface area contributed by atoms with Crippen molar-refractivity contribution in [3.05, 3.63) is 119 Å². The Kier molecular flexibility index (Phi) is 7.33. The number of Topliss-reactive ketones (excluding diaryl/α,β-unsaturated/α-hetero) is 1. The first-order valence-electron chi connectivity index (χ1n) is 13.5. The van der Waals surface area contributed by atoms with Crippen molar-refractivity contribution in [3.8, 4) is 11.5 Å². The molecule has 1 N–H and O–H groups in total. The molecule has 10 heteroatoms. The molecule has 6 rings (SSSR count). The predicted molar refractivity (Wildman–Crippen MR) is 155 cm³/mol. The summed E-state index contributed by atoms with van der Waals surface area (Å²) in [4.78, 5) is 56.2. The number of rotatable bonds is 8. The van der Waals surface area contributed by atoms with Gasteiger partial charge in [0.15, 0.2) is 11.5 Å². The van der Waals surface area contributed by atoms with Crippen LogP contribution < -0.4 is 19.7 Å². The first kappa shape index (κ1) is 27.6. The Hall–Kier alpha value is -5.51. The molecule has 43 heavy (non-hydrogen) atoms. The fourth-order valence-corrected chi connectivity index (χ4v) is 5.15. The number of anilines is 2. The van der Waals surface area contributed by atoms with Crippen LogP contribution in [0.4, 0.5) is 15.8 Å². The monoisotopic (exact) mass is 579 g/mol. The first-order chi connectivity index (χ1) is 20.8. The Bertz CT molecular complexity index is 1740. The fraction of sp³-hybridized carbons (Fsp3) is 0.152.